The number of hydrogen-bond acceptors (Lipinski definition) is 8. The van der Waals surface area contributed by atoms with E-state index in [-0.39, 0.29) is 24.0 Å². The van der Waals surface area contributed by atoms with E-state index in [2.05, 4.69) is 75.4 Å². The third kappa shape index (κ3) is 6.18. The molecule has 1 aliphatic carbocycles. The average molecular weight is 707 g/mol. The van der Waals surface area contributed by atoms with Crippen molar-refractivity contribution in [2.24, 2.45) is 0 Å². The molecule has 8 nitrogen and oxygen atoms in total. The lowest BCUT2D eigenvalue weighted by molar-refractivity contribution is -0.000319. The fraction of sp³-hybridized carbons (Fsp3) is 0.538. The molecule has 1 N–H and O–H groups in total. The largest absolute Gasteiger partial charge is 0.510 e. The van der Waals surface area contributed by atoms with E-state index in [1.807, 2.05) is 37.3 Å². The van der Waals surface area contributed by atoms with Crippen LogP contribution in [0.25, 0.3) is 10.8 Å². The van der Waals surface area contributed by atoms with Crippen molar-refractivity contribution in [3.63, 3.8) is 0 Å². The Balaban J connectivity index is 1.84. The van der Waals surface area contributed by atoms with Gasteiger partial charge in [0.15, 0.2) is 20.4 Å². The van der Waals surface area contributed by atoms with E-state index < -0.39 is 39.2 Å². The van der Waals surface area contributed by atoms with Crippen LogP contribution in [0.3, 0.4) is 0 Å². The van der Waals surface area contributed by atoms with Gasteiger partial charge in [0, 0.05) is 22.1 Å². The molecule has 2 unspecified atom stereocenters. The van der Waals surface area contributed by atoms with E-state index >= 15 is 4.79 Å². The summed E-state index contributed by atoms with van der Waals surface area (Å²) in [5.41, 5.74) is 3.65. The van der Waals surface area contributed by atoms with Crippen molar-refractivity contribution < 1.29 is 37.4 Å². The number of aliphatic hydroxyl groups excluding tert-OH is 1. The fourth-order valence-corrected chi connectivity index (χ4v) is 13.0. The number of rotatable bonds is 8. The van der Waals surface area contributed by atoms with Gasteiger partial charge in [-0.3, -0.25) is 9.59 Å². The Morgan fingerprint density at radius 2 is 1.55 bits per heavy atom. The maximum atomic E-state index is 15.0. The average Bonchev–Trinajstić information content (AvgIpc) is 3.00. The minimum Gasteiger partial charge on any atom is -0.510 e. The van der Waals surface area contributed by atoms with Gasteiger partial charge in [0.05, 0.1) is 42.9 Å². The predicted molar refractivity (Wildman–Crippen MR) is 198 cm³/mol. The summed E-state index contributed by atoms with van der Waals surface area (Å²) in [5.74, 6) is 1.40. The molecule has 3 aromatic rings. The molecule has 1 aliphatic heterocycles. The zero-order chi connectivity index (χ0) is 36.5. The zero-order valence-electron chi connectivity index (χ0n) is 31.5. The number of hydrogen-bond donors (Lipinski definition) is 1. The molecule has 0 amide bonds. The highest BCUT2D eigenvalue weighted by atomic mass is 28.4. The molecule has 0 bridgehead atoms. The van der Waals surface area contributed by atoms with Crippen molar-refractivity contribution >= 4 is 39.7 Å². The Kier molecular flexibility index (Phi) is 9.60. The Hall–Kier alpha value is -3.03. The number of carbonyl (C=O) groups excluding carboxylic acids is 2. The minimum absolute atomic E-state index is 0.144. The Morgan fingerprint density at radius 1 is 0.959 bits per heavy atom. The molecule has 2 aliphatic rings. The molecule has 0 spiro atoms. The predicted octanol–water partition coefficient (Wildman–Crippen LogP) is 9.51. The molecule has 0 radical (unpaired) electrons. The second-order valence-electron chi connectivity index (χ2n) is 17.2. The van der Waals surface area contributed by atoms with Crippen LogP contribution in [0.4, 0.5) is 0 Å². The highest BCUT2D eigenvalue weighted by molar-refractivity contribution is 6.75. The number of carbonyl (C=O) groups is 2. The van der Waals surface area contributed by atoms with Crippen LogP contribution in [-0.4, -0.2) is 47.3 Å². The van der Waals surface area contributed by atoms with Crippen LogP contribution in [0.2, 0.25) is 28.2 Å². The molecule has 0 saturated heterocycles. The molecule has 0 fully saturated rings. The Bertz CT molecular complexity index is 1760. The summed E-state index contributed by atoms with van der Waals surface area (Å²) >= 11 is 0. The third-order valence-electron chi connectivity index (χ3n) is 10.8. The minimum atomic E-state index is -3.36. The van der Waals surface area contributed by atoms with E-state index in [1.54, 1.807) is 7.11 Å². The summed E-state index contributed by atoms with van der Waals surface area (Å²) in [7, 11) is -4.16. The molecule has 49 heavy (non-hydrogen) atoms. The van der Waals surface area contributed by atoms with Crippen molar-refractivity contribution in [3.05, 3.63) is 63.7 Å². The van der Waals surface area contributed by atoms with Gasteiger partial charge < -0.3 is 27.9 Å². The number of aryl methyl sites for hydroxylation is 1. The summed E-state index contributed by atoms with van der Waals surface area (Å²) in [6.07, 6.45) is -0.259. The number of fused-ring (bicyclic) bond motifs is 2. The Labute approximate surface area is 293 Å². The summed E-state index contributed by atoms with van der Waals surface area (Å²) in [6, 6.07) is 9.60. The lowest BCUT2D eigenvalue weighted by Gasteiger charge is -2.51. The summed E-state index contributed by atoms with van der Waals surface area (Å²) in [6.45, 7) is 25.2. The van der Waals surface area contributed by atoms with Gasteiger partial charge in [0.2, 0.25) is 0 Å². The van der Waals surface area contributed by atoms with Crippen LogP contribution >= 0.6 is 0 Å². The van der Waals surface area contributed by atoms with Crippen LogP contribution in [0.1, 0.15) is 118 Å². The molecule has 0 saturated carbocycles. The first-order valence-electron chi connectivity index (χ1n) is 17.2. The molecular weight excluding hydrogens is 653 g/mol. The van der Waals surface area contributed by atoms with Crippen molar-refractivity contribution in [2.75, 3.05) is 7.11 Å². The van der Waals surface area contributed by atoms with Crippen molar-refractivity contribution in [1.82, 2.24) is 0 Å². The SMILES string of the molecule is COc1ccc(COC2CC(O[Si](C)(C)C(C)(C)C)C(=O)c3c2c(CO)c2cc(C)c(C=O)c4c2c3O[Si](C(C)(C)C)(C(C)(C)C)O4)cc1. The zero-order valence-corrected chi connectivity index (χ0v) is 33.5. The maximum absolute atomic E-state index is 15.0. The van der Waals surface area contributed by atoms with Crippen molar-refractivity contribution in [3.8, 4) is 17.2 Å². The highest BCUT2D eigenvalue weighted by Gasteiger charge is 2.65. The lowest BCUT2D eigenvalue weighted by Crippen LogP contribution is -2.63. The number of ether oxygens (including phenoxy) is 2. The number of benzene rings is 3. The first kappa shape index (κ1) is 37.2. The number of methoxy groups -OCH3 is 1. The molecule has 2 atom stereocenters. The van der Waals surface area contributed by atoms with Gasteiger partial charge in [-0.1, -0.05) is 74.4 Å². The number of Topliss-reactive ketones (excluding diaryl/α,β-unsaturated/α-hetero) is 1. The molecule has 3 aromatic carbocycles. The van der Waals surface area contributed by atoms with E-state index in [0.29, 0.717) is 50.9 Å². The van der Waals surface area contributed by atoms with Crippen LogP contribution in [0, 0.1) is 6.92 Å². The smallest absolute Gasteiger partial charge is 0.471 e. The van der Waals surface area contributed by atoms with Crippen molar-refractivity contribution in [1.29, 1.82) is 0 Å². The normalized spacial score (nSPS) is 19.3. The van der Waals surface area contributed by atoms with Gasteiger partial charge in [-0.05, 0) is 65.3 Å². The highest BCUT2D eigenvalue weighted by Crippen LogP contribution is 2.60. The first-order chi connectivity index (χ1) is 22.6. The standard InChI is InChI=1S/C39H54O8Si2/c1-23-18-26-28(21-41)31-29(44-22-24-14-16-25(43-11)17-15-24)19-30(45-48(12,13)37(2,3)4)34(42)33(31)36-32(26)35(27(23)20-40)46-49(47-36,38(5,6)7)39(8,9)10/h14-18,20,29-30,41H,19,21-22H2,1-13H3. The first-order valence-corrected chi connectivity index (χ1v) is 21.9. The van der Waals surface area contributed by atoms with Crippen molar-refractivity contribution in [2.45, 2.75) is 129 Å². The van der Waals surface area contributed by atoms with Crippen LogP contribution in [0.15, 0.2) is 30.3 Å². The summed E-state index contributed by atoms with van der Waals surface area (Å²) < 4.78 is 33.4. The molecular formula is C39H54O8Si2. The van der Waals surface area contributed by atoms with Gasteiger partial charge in [0.25, 0.3) is 0 Å². The van der Waals surface area contributed by atoms with Crippen LogP contribution < -0.4 is 13.6 Å². The maximum Gasteiger partial charge on any atom is 0.471 e. The molecule has 0 aromatic heterocycles. The molecule has 1 heterocycles. The lowest BCUT2D eigenvalue weighted by atomic mass is 9.79. The number of aldehydes is 1. The summed E-state index contributed by atoms with van der Waals surface area (Å²) in [5, 5.41) is 11.2. The van der Waals surface area contributed by atoms with Crippen LogP contribution in [0.5, 0.6) is 17.2 Å². The van der Waals surface area contributed by atoms with E-state index in [1.165, 1.54) is 0 Å². The van der Waals surface area contributed by atoms with Gasteiger partial charge in [-0.25, -0.2) is 0 Å². The second kappa shape index (κ2) is 12.6. The molecule has 5 rings (SSSR count). The number of ketones is 1. The van der Waals surface area contributed by atoms with Gasteiger partial charge in [0.1, 0.15) is 23.4 Å². The Morgan fingerprint density at radius 3 is 2.06 bits per heavy atom. The van der Waals surface area contributed by atoms with E-state index in [4.69, 9.17) is 22.8 Å². The van der Waals surface area contributed by atoms with Gasteiger partial charge in [-0.2, -0.15) is 0 Å². The fourth-order valence-electron chi connectivity index (χ4n) is 7.26. The second-order valence-corrected chi connectivity index (χ2v) is 26.6. The van der Waals surface area contributed by atoms with Crippen LogP contribution in [-0.2, 0) is 22.4 Å². The van der Waals surface area contributed by atoms with E-state index in [0.717, 1.165) is 23.2 Å². The monoisotopic (exact) mass is 706 g/mol. The molecule has 266 valence electrons. The summed E-state index contributed by atoms with van der Waals surface area (Å²) in [4.78, 5) is 27.8. The number of aliphatic hydroxyl groups is 1. The van der Waals surface area contributed by atoms with E-state index in [9.17, 15) is 9.90 Å². The molecule has 10 heteroatoms. The topological polar surface area (TPSA) is 101 Å². The quantitative estimate of drug-likeness (QED) is 0.183. The van der Waals surface area contributed by atoms with Gasteiger partial charge >= 0.3 is 8.56 Å². The van der Waals surface area contributed by atoms with Gasteiger partial charge in [-0.15, -0.1) is 0 Å². The third-order valence-corrected chi connectivity index (χ3v) is 20.2.